The largest absolute Gasteiger partial charge is 0.340 e. The van der Waals surface area contributed by atoms with Crippen LogP contribution in [0.5, 0.6) is 0 Å². The fourth-order valence-corrected chi connectivity index (χ4v) is 1.95. The molecule has 0 aliphatic carbocycles. The maximum Gasteiger partial charge on any atom is 0.194 e. The van der Waals surface area contributed by atoms with Gasteiger partial charge in [-0.3, -0.25) is 9.78 Å². The van der Waals surface area contributed by atoms with E-state index >= 15 is 0 Å². The van der Waals surface area contributed by atoms with E-state index in [1.54, 1.807) is 48.8 Å². The third kappa shape index (κ3) is 3.15. The van der Waals surface area contributed by atoms with Crippen molar-refractivity contribution in [2.45, 2.75) is 0 Å². The second-order valence-corrected chi connectivity index (χ2v) is 4.63. The van der Waals surface area contributed by atoms with Gasteiger partial charge < -0.3 is 5.32 Å². The Balaban J connectivity index is 1.75. The summed E-state index contributed by atoms with van der Waals surface area (Å²) in [5.41, 5.74) is 1.79. The number of nitrogens with zero attached hydrogens (tertiary/aromatic N) is 2. The van der Waals surface area contributed by atoms with Crippen molar-refractivity contribution in [1.82, 2.24) is 9.97 Å². The van der Waals surface area contributed by atoms with Crippen molar-refractivity contribution in [3.05, 3.63) is 84.1 Å². The molecule has 0 unspecified atom stereocenters. The van der Waals surface area contributed by atoms with Gasteiger partial charge in [0.25, 0.3) is 0 Å². The van der Waals surface area contributed by atoms with Gasteiger partial charge in [-0.2, -0.15) is 0 Å². The summed E-state index contributed by atoms with van der Waals surface area (Å²) in [6, 6.07) is 12.7. The number of hydrogen-bond donors (Lipinski definition) is 1. The third-order valence-corrected chi connectivity index (χ3v) is 3.08. The van der Waals surface area contributed by atoms with Crippen molar-refractivity contribution in [2.75, 3.05) is 5.32 Å². The molecule has 0 saturated heterocycles. The monoisotopic (exact) mass is 293 g/mol. The molecule has 108 valence electrons. The van der Waals surface area contributed by atoms with Crippen LogP contribution in [-0.2, 0) is 0 Å². The van der Waals surface area contributed by atoms with Crippen molar-refractivity contribution in [3.8, 4) is 0 Å². The molecule has 5 heteroatoms. The predicted molar refractivity (Wildman–Crippen MR) is 81.6 cm³/mol. The summed E-state index contributed by atoms with van der Waals surface area (Å²) in [4.78, 5) is 20.3. The van der Waals surface area contributed by atoms with E-state index in [0.29, 0.717) is 16.9 Å². The number of benzene rings is 1. The van der Waals surface area contributed by atoms with Crippen molar-refractivity contribution in [2.24, 2.45) is 0 Å². The summed E-state index contributed by atoms with van der Waals surface area (Å²) < 4.78 is 12.8. The van der Waals surface area contributed by atoms with Gasteiger partial charge in [-0.25, -0.2) is 9.37 Å². The number of ketones is 1. The van der Waals surface area contributed by atoms with Crippen LogP contribution in [0, 0.1) is 5.82 Å². The van der Waals surface area contributed by atoms with E-state index in [2.05, 4.69) is 15.3 Å². The zero-order valence-corrected chi connectivity index (χ0v) is 11.5. The lowest BCUT2D eigenvalue weighted by atomic mass is 10.1. The molecule has 4 nitrogen and oxygen atoms in total. The quantitative estimate of drug-likeness (QED) is 0.747. The molecular formula is C17H12FN3O. The minimum absolute atomic E-state index is 0.108. The first-order valence-electron chi connectivity index (χ1n) is 6.66. The molecule has 0 bridgehead atoms. The molecule has 0 atom stereocenters. The number of carbonyl (C=O) groups excluding carboxylic acids is 1. The van der Waals surface area contributed by atoms with Gasteiger partial charge in [0.05, 0.1) is 0 Å². The van der Waals surface area contributed by atoms with Gasteiger partial charge in [-0.05, 0) is 48.5 Å². The molecule has 2 heterocycles. The fourth-order valence-electron chi connectivity index (χ4n) is 1.95. The molecule has 0 amide bonds. The average molecular weight is 293 g/mol. The lowest BCUT2D eigenvalue weighted by Crippen LogP contribution is -2.02. The number of pyridine rings is 2. The molecule has 1 N–H and O–H groups in total. The Kier molecular flexibility index (Phi) is 3.87. The second kappa shape index (κ2) is 6.13. The molecule has 0 spiro atoms. The number of nitrogens with one attached hydrogen (secondary N) is 1. The molecule has 22 heavy (non-hydrogen) atoms. The number of aromatic nitrogens is 2. The van der Waals surface area contributed by atoms with E-state index in [-0.39, 0.29) is 11.6 Å². The minimum atomic E-state index is -0.295. The highest BCUT2D eigenvalue weighted by atomic mass is 19.1. The van der Waals surface area contributed by atoms with E-state index < -0.39 is 0 Å². The van der Waals surface area contributed by atoms with E-state index in [0.717, 1.165) is 5.69 Å². The lowest BCUT2D eigenvalue weighted by molar-refractivity contribution is 0.103. The summed E-state index contributed by atoms with van der Waals surface area (Å²) in [5, 5.41) is 3.04. The second-order valence-electron chi connectivity index (χ2n) is 4.63. The van der Waals surface area contributed by atoms with E-state index in [4.69, 9.17) is 0 Å². The smallest absolute Gasteiger partial charge is 0.194 e. The maximum absolute atomic E-state index is 12.8. The van der Waals surface area contributed by atoms with Crippen LogP contribution >= 0.6 is 0 Å². The van der Waals surface area contributed by atoms with Crippen LogP contribution in [0.3, 0.4) is 0 Å². The van der Waals surface area contributed by atoms with Crippen LogP contribution in [-0.4, -0.2) is 15.8 Å². The zero-order valence-electron chi connectivity index (χ0n) is 11.5. The molecule has 3 rings (SSSR count). The molecule has 3 aromatic rings. The molecule has 2 aromatic heterocycles. The Morgan fingerprint density at radius 2 is 1.64 bits per heavy atom. The molecule has 0 aliphatic heterocycles. The molecule has 1 aromatic carbocycles. The van der Waals surface area contributed by atoms with Crippen molar-refractivity contribution in [3.63, 3.8) is 0 Å². The molecule has 0 fully saturated rings. The van der Waals surface area contributed by atoms with E-state index in [1.807, 2.05) is 0 Å². The zero-order chi connectivity index (χ0) is 15.4. The van der Waals surface area contributed by atoms with Gasteiger partial charge in [-0.1, -0.05) is 0 Å². The lowest BCUT2D eigenvalue weighted by Gasteiger charge is -2.06. The van der Waals surface area contributed by atoms with Crippen LogP contribution in [0.25, 0.3) is 0 Å². The summed E-state index contributed by atoms with van der Waals surface area (Å²) in [7, 11) is 0. The standard InChI is InChI=1S/C17H12FN3O/c18-14-2-4-15(5-3-14)21-16-6-1-13(11-20-16)17(22)12-7-9-19-10-8-12/h1-11H,(H,20,21). The van der Waals surface area contributed by atoms with Gasteiger partial charge in [0, 0.05) is 35.4 Å². The summed E-state index contributed by atoms with van der Waals surface area (Å²) in [5.74, 6) is 0.179. The highest BCUT2D eigenvalue weighted by molar-refractivity contribution is 6.08. The molecule has 0 radical (unpaired) electrons. The summed E-state index contributed by atoms with van der Waals surface area (Å²) >= 11 is 0. The van der Waals surface area contributed by atoms with Crippen LogP contribution in [0.1, 0.15) is 15.9 Å². The van der Waals surface area contributed by atoms with Crippen LogP contribution in [0.4, 0.5) is 15.9 Å². The third-order valence-electron chi connectivity index (χ3n) is 3.08. The van der Waals surface area contributed by atoms with E-state index in [1.165, 1.54) is 18.3 Å². The SMILES string of the molecule is O=C(c1ccncc1)c1ccc(Nc2ccc(F)cc2)nc1. The minimum Gasteiger partial charge on any atom is -0.340 e. The predicted octanol–water partition coefficient (Wildman–Crippen LogP) is 3.59. The maximum atomic E-state index is 12.8. The number of hydrogen-bond acceptors (Lipinski definition) is 4. The summed E-state index contributed by atoms with van der Waals surface area (Å²) in [6.45, 7) is 0. The Morgan fingerprint density at radius 1 is 0.909 bits per heavy atom. The Morgan fingerprint density at radius 3 is 2.27 bits per heavy atom. The number of rotatable bonds is 4. The van der Waals surface area contributed by atoms with Crippen molar-refractivity contribution >= 4 is 17.3 Å². The molecular weight excluding hydrogens is 281 g/mol. The van der Waals surface area contributed by atoms with Gasteiger partial charge in [0.15, 0.2) is 5.78 Å². The van der Waals surface area contributed by atoms with Gasteiger partial charge in [0.2, 0.25) is 0 Å². The van der Waals surface area contributed by atoms with E-state index in [9.17, 15) is 9.18 Å². The van der Waals surface area contributed by atoms with Crippen LogP contribution in [0.2, 0.25) is 0 Å². The van der Waals surface area contributed by atoms with Crippen molar-refractivity contribution < 1.29 is 9.18 Å². The molecule has 0 aliphatic rings. The first kappa shape index (κ1) is 13.9. The van der Waals surface area contributed by atoms with Gasteiger partial charge in [-0.15, -0.1) is 0 Å². The van der Waals surface area contributed by atoms with Crippen LogP contribution < -0.4 is 5.32 Å². The topological polar surface area (TPSA) is 54.9 Å². The molecule has 0 saturated carbocycles. The Bertz CT molecular complexity index is 771. The first-order chi connectivity index (χ1) is 10.7. The number of halogens is 1. The van der Waals surface area contributed by atoms with Gasteiger partial charge in [0.1, 0.15) is 11.6 Å². The average Bonchev–Trinajstić information content (AvgIpc) is 2.58. The number of carbonyl (C=O) groups is 1. The normalized spacial score (nSPS) is 10.2. The Hall–Kier alpha value is -3.08. The number of anilines is 2. The van der Waals surface area contributed by atoms with Gasteiger partial charge >= 0.3 is 0 Å². The first-order valence-corrected chi connectivity index (χ1v) is 6.66. The summed E-state index contributed by atoms with van der Waals surface area (Å²) in [6.07, 6.45) is 4.66. The van der Waals surface area contributed by atoms with Crippen molar-refractivity contribution in [1.29, 1.82) is 0 Å². The Labute approximate surface area is 126 Å². The van der Waals surface area contributed by atoms with Crippen LogP contribution in [0.15, 0.2) is 67.1 Å². The highest BCUT2D eigenvalue weighted by Gasteiger charge is 2.09. The fraction of sp³-hybridized carbons (Fsp3) is 0. The highest BCUT2D eigenvalue weighted by Crippen LogP contribution is 2.16.